The van der Waals surface area contributed by atoms with Crippen LogP contribution in [0.15, 0.2) is 17.1 Å². The second kappa shape index (κ2) is 5.90. The molecular weight excluding hydrogens is 305 g/mol. The van der Waals surface area contributed by atoms with E-state index in [1.807, 2.05) is 0 Å². The zero-order valence-electron chi connectivity index (χ0n) is 9.51. The maximum atomic E-state index is 5.10. The van der Waals surface area contributed by atoms with Crippen LogP contribution in [0.2, 0.25) is 25.7 Å². The molecular formula is C10H20INOSi. The Morgan fingerprint density at radius 1 is 1.36 bits per heavy atom. The minimum absolute atomic E-state index is 0. The summed E-state index contributed by atoms with van der Waals surface area (Å²) in [6.45, 7) is 10.4. The number of aryl methyl sites for hydroxylation is 2. The second-order valence-corrected chi connectivity index (χ2v) is 10.5. The van der Waals surface area contributed by atoms with Crippen LogP contribution in [0, 0.1) is 6.92 Å². The summed E-state index contributed by atoms with van der Waals surface area (Å²) < 4.78 is 7.28. The molecule has 0 amide bonds. The van der Waals surface area contributed by atoms with Crippen molar-refractivity contribution in [2.24, 2.45) is 0 Å². The van der Waals surface area contributed by atoms with E-state index in [0.29, 0.717) is 0 Å². The average Bonchev–Trinajstić information content (AvgIpc) is 2.34. The van der Waals surface area contributed by atoms with Crippen LogP contribution < -0.4 is 28.5 Å². The van der Waals surface area contributed by atoms with Crippen LogP contribution in [0.5, 0.6) is 0 Å². The first-order chi connectivity index (χ1) is 5.99. The third-order valence-electron chi connectivity index (χ3n) is 2.21. The molecule has 4 heteroatoms. The van der Waals surface area contributed by atoms with Gasteiger partial charge >= 0.3 is 6.39 Å². The van der Waals surface area contributed by atoms with Gasteiger partial charge in [0.15, 0.2) is 12.8 Å². The number of hydrogen-bond acceptors (Lipinski definition) is 1. The van der Waals surface area contributed by atoms with Crippen LogP contribution in [0.4, 0.5) is 0 Å². The Bertz CT molecular complexity index is 267. The number of aromatic nitrogens is 1. The molecule has 82 valence electrons. The summed E-state index contributed by atoms with van der Waals surface area (Å²) >= 11 is 0. The summed E-state index contributed by atoms with van der Waals surface area (Å²) in [6, 6.07) is 1.39. The lowest BCUT2D eigenvalue weighted by atomic mass is 10.4. The number of rotatable bonds is 4. The van der Waals surface area contributed by atoms with Crippen molar-refractivity contribution in [3.05, 3.63) is 18.4 Å². The van der Waals surface area contributed by atoms with Gasteiger partial charge in [0, 0.05) is 21.4 Å². The Balaban J connectivity index is 0.00000169. The molecule has 14 heavy (non-hydrogen) atoms. The maximum absolute atomic E-state index is 5.10. The first-order valence-electron chi connectivity index (χ1n) is 4.91. The fourth-order valence-corrected chi connectivity index (χ4v) is 2.58. The molecule has 0 fully saturated rings. The third kappa shape index (κ3) is 5.14. The minimum atomic E-state index is -0.852. The third-order valence-corrected chi connectivity index (χ3v) is 4.06. The zero-order chi connectivity index (χ0) is 9.90. The monoisotopic (exact) mass is 325 g/mol. The highest BCUT2D eigenvalue weighted by Crippen LogP contribution is 2.10. The van der Waals surface area contributed by atoms with Gasteiger partial charge in [-0.1, -0.05) is 25.7 Å². The molecule has 1 rings (SSSR count). The van der Waals surface area contributed by atoms with Gasteiger partial charge in [0.05, 0.1) is 0 Å². The quantitative estimate of drug-likeness (QED) is 0.419. The molecule has 2 nitrogen and oxygen atoms in total. The summed E-state index contributed by atoms with van der Waals surface area (Å²) in [5.41, 5.74) is 1.22. The molecule has 0 aliphatic carbocycles. The molecule has 1 aromatic rings. The van der Waals surface area contributed by atoms with E-state index in [1.165, 1.54) is 18.2 Å². The molecule has 0 radical (unpaired) electrons. The van der Waals surface area contributed by atoms with Crippen LogP contribution in [0.25, 0.3) is 0 Å². The molecule has 0 aliphatic heterocycles. The van der Waals surface area contributed by atoms with E-state index in [0.717, 1.165) is 6.54 Å². The molecule has 0 unspecified atom stereocenters. The normalized spacial score (nSPS) is 11.1. The molecule has 0 saturated carbocycles. The standard InChI is InChI=1S/C10H20NOSi.HI/c1-10-8-12-9-11(10)6-5-7-13(2,3)4;/h8-9H,5-7H2,1-4H3;1H/q+1;/p-1. The minimum Gasteiger partial charge on any atom is -1.00 e. The summed E-state index contributed by atoms with van der Waals surface area (Å²) in [5.74, 6) is 0. The molecule has 0 atom stereocenters. The SMILES string of the molecule is Cc1coc[n+]1CCC[Si](C)(C)C.[I-]. The predicted molar refractivity (Wildman–Crippen MR) is 56.4 cm³/mol. The highest BCUT2D eigenvalue weighted by molar-refractivity contribution is 6.76. The fourth-order valence-electron chi connectivity index (χ4n) is 1.36. The molecule has 0 aromatic carbocycles. The zero-order valence-corrected chi connectivity index (χ0v) is 12.7. The van der Waals surface area contributed by atoms with E-state index in [9.17, 15) is 0 Å². The number of oxazole rings is 1. The van der Waals surface area contributed by atoms with Crippen molar-refractivity contribution in [1.82, 2.24) is 0 Å². The molecule has 0 saturated heterocycles. The van der Waals surface area contributed by atoms with Crippen LogP contribution >= 0.6 is 0 Å². The van der Waals surface area contributed by atoms with Gasteiger partial charge in [-0.05, 0) is 0 Å². The van der Waals surface area contributed by atoms with Crippen LogP contribution in [-0.2, 0) is 6.54 Å². The second-order valence-electron chi connectivity index (χ2n) is 4.86. The highest BCUT2D eigenvalue weighted by Gasteiger charge is 2.14. The molecule has 0 bridgehead atoms. The summed E-state index contributed by atoms with van der Waals surface area (Å²) in [5, 5.41) is 0. The Morgan fingerprint density at radius 3 is 2.43 bits per heavy atom. The lowest BCUT2D eigenvalue weighted by molar-refractivity contribution is -0.705. The van der Waals surface area contributed by atoms with Crippen molar-refractivity contribution in [2.45, 2.75) is 45.6 Å². The van der Waals surface area contributed by atoms with Gasteiger partial charge in [-0.15, -0.1) is 0 Å². The molecule has 0 spiro atoms. The van der Waals surface area contributed by atoms with Crippen molar-refractivity contribution in [3.8, 4) is 0 Å². The van der Waals surface area contributed by atoms with Crippen LogP contribution in [0.3, 0.4) is 0 Å². The van der Waals surface area contributed by atoms with Crippen molar-refractivity contribution >= 4 is 8.07 Å². The lowest BCUT2D eigenvalue weighted by Crippen LogP contribution is -3.00. The van der Waals surface area contributed by atoms with E-state index >= 15 is 0 Å². The van der Waals surface area contributed by atoms with Crippen LogP contribution in [0.1, 0.15) is 12.1 Å². The molecule has 0 N–H and O–H groups in total. The smallest absolute Gasteiger partial charge is 0.334 e. The van der Waals surface area contributed by atoms with E-state index in [-0.39, 0.29) is 24.0 Å². The predicted octanol–water partition coefficient (Wildman–Crippen LogP) is -0.392. The van der Waals surface area contributed by atoms with Gasteiger partial charge in [-0.25, -0.2) is 0 Å². The first kappa shape index (κ1) is 14.2. The van der Waals surface area contributed by atoms with Gasteiger partial charge in [0.2, 0.25) is 5.69 Å². The van der Waals surface area contributed by atoms with E-state index < -0.39 is 8.07 Å². The fraction of sp³-hybridized carbons (Fsp3) is 0.700. The van der Waals surface area contributed by atoms with Gasteiger partial charge in [-0.3, -0.25) is 0 Å². The average molecular weight is 325 g/mol. The van der Waals surface area contributed by atoms with E-state index in [4.69, 9.17) is 4.42 Å². The van der Waals surface area contributed by atoms with Crippen LogP contribution in [-0.4, -0.2) is 8.07 Å². The summed E-state index contributed by atoms with van der Waals surface area (Å²) in [6.07, 6.45) is 4.88. The Kier molecular flexibility index (Phi) is 5.96. The van der Waals surface area contributed by atoms with Gasteiger partial charge in [0.1, 0.15) is 0 Å². The van der Waals surface area contributed by atoms with Crippen molar-refractivity contribution in [3.63, 3.8) is 0 Å². The first-order valence-corrected chi connectivity index (χ1v) is 8.62. The van der Waals surface area contributed by atoms with Gasteiger partial charge in [-0.2, -0.15) is 4.57 Å². The van der Waals surface area contributed by atoms with Crippen molar-refractivity contribution < 1.29 is 33.0 Å². The number of hydrogen-bond donors (Lipinski definition) is 0. The topological polar surface area (TPSA) is 17.0 Å². The molecule has 1 heterocycles. The molecule has 0 aliphatic rings. The van der Waals surface area contributed by atoms with Crippen molar-refractivity contribution in [2.75, 3.05) is 0 Å². The van der Waals surface area contributed by atoms with E-state index in [2.05, 4.69) is 31.1 Å². The number of halogens is 1. The maximum Gasteiger partial charge on any atom is 0.334 e. The largest absolute Gasteiger partial charge is 1.00 e. The molecule has 1 aromatic heterocycles. The van der Waals surface area contributed by atoms with Gasteiger partial charge in [0.25, 0.3) is 0 Å². The summed E-state index contributed by atoms with van der Waals surface area (Å²) in [4.78, 5) is 0. The Morgan fingerprint density at radius 2 is 2.00 bits per heavy atom. The Hall–Kier alpha value is 0.157. The van der Waals surface area contributed by atoms with Crippen molar-refractivity contribution in [1.29, 1.82) is 0 Å². The summed E-state index contributed by atoms with van der Waals surface area (Å²) in [7, 11) is -0.852. The lowest BCUT2D eigenvalue weighted by Gasteiger charge is -2.13. The van der Waals surface area contributed by atoms with E-state index in [1.54, 1.807) is 12.7 Å². The Labute approximate surface area is 105 Å². The van der Waals surface area contributed by atoms with Gasteiger partial charge < -0.3 is 28.4 Å². The highest BCUT2D eigenvalue weighted by atomic mass is 127. The number of nitrogens with zero attached hydrogens (tertiary/aromatic N) is 1.